The van der Waals surface area contributed by atoms with Crippen LogP contribution in [0.15, 0.2) is 0 Å². The third-order valence-electron chi connectivity index (χ3n) is 3.55. The molecule has 0 bridgehead atoms. The van der Waals surface area contributed by atoms with E-state index in [1.807, 2.05) is 0 Å². The van der Waals surface area contributed by atoms with Crippen molar-refractivity contribution in [2.45, 2.75) is 38.1 Å². The first-order chi connectivity index (χ1) is 6.56. The summed E-state index contributed by atoms with van der Waals surface area (Å²) >= 11 is 0. The van der Waals surface area contributed by atoms with Crippen molar-refractivity contribution < 1.29 is 64.3 Å². The summed E-state index contributed by atoms with van der Waals surface area (Å²) < 4.78 is 37.0. The van der Waals surface area contributed by atoms with E-state index in [1.165, 1.54) is 0 Å². The van der Waals surface area contributed by atoms with Crippen LogP contribution < -0.4 is 51.4 Å². The molecule has 0 N–H and O–H groups in total. The van der Waals surface area contributed by atoms with Gasteiger partial charge in [0.25, 0.3) is 0 Å². The molecule has 2 atom stereocenters. The average Bonchev–Trinajstić information content (AvgIpc) is 2.49. The summed E-state index contributed by atoms with van der Waals surface area (Å²) in [4.78, 5) is 1.68. The minimum atomic E-state index is -4.63. The number of rotatable bonds is 2. The van der Waals surface area contributed by atoms with Crippen LogP contribution in [0.5, 0.6) is 0 Å². The molecule has 1 saturated carbocycles. The molecule has 0 aromatic rings. The summed E-state index contributed by atoms with van der Waals surface area (Å²) in [5, 5.41) is 0. The van der Waals surface area contributed by atoms with Gasteiger partial charge >= 0.3 is 58.4 Å². The fraction of sp³-hybridized carbons (Fsp3) is 1.00. The molecule has 82 valence electrons. The van der Waals surface area contributed by atoms with Crippen molar-refractivity contribution in [3.8, 4) is 0 Å². The summed E-state index contributed by atoms with van der Waals surface area (Å²) in [5.41, 5.74) is 0. The Kier molecular flexibility index (Phi) is 5.68. The van der Waals surface area contributed by atoms with Gasteiger partial charge in [-0.15, -0.1) is 0 Å². The molecular formula is C9H16BF3KN. The SMILES string of the molecule is F[B-](F)(F)CN1CCCC2CCCC21.[K+]. The summed E-state index contributed by atoms with van der Waals surface area (Å²) in [6.45, 7) is -3.98. The minimum absolute atomic E-state index is 0. The molecule has 0 aromatic carbocycles. The van der Waals surface area contributed by atoms with E-state index in [4.69, 9.17) is 0 Å². The summed E-state index contributed by atoms with van der Waals surface area (Å²) in [6, 6.07) is 0.243. The van der Waals surface area contributed by atoms with Gasteiger partial charge in [-0.05, 0) is 44.6 Å². The van der Waals surface area contributed by atoms with Gasteiger partial charge in [0.05, 0.1) is 0 Å². The number of halogens is 3. The van der Waals surface area contributed by atoms with E-state index in [0.29, 0.717) is 12.5 Å². The largest absolute Gasteiger partial charge is 1.00 e. The molecule has 2 fully saturated rings. The molecule has 1 aliphatic heterocycles. The predicted molar refractivity (Wildman–Crippen MR) is 51.0 cm³/mol. The van der Waals surface area contributed by atoms with E-state index in [9.17, 15) is 12.9 Å². The summed E-state index contributed by atoms with van der Waals surface area (Å²) in [6.07, 6.45) is 4.71. The average molecular weight is 245 g/mol. The molecule has 1 saturated heterocycles. The van der Waals surface area contributed by atoms with Gasteiger partial charge in [0, 0.05) is 6.04 Å². The van der Waals surface area contributed by atoms with E-state index in [2.05, 4.69) is 0 Å². The molecule has 1 nitrogen and oxygen atoms in total. The Hall–Kier alpha value is 1.45. The van der Waals surface area contributed by atoms with E-state index >= 15 is 0 Å². The Morgan fingerprint density at radius 3 is 2.40 bits per heavy atom. The van der Waals surface area contributed by atoms with Gasteiger partial charge in [0.1, 0.15) is 0 Å². The van der Waals surface area contributed by atoms with Gasteiger partial charge in [-0.1, -0.05) is 6.42 Å². The zero-order valence-electron chi connectivity index (χ0n) is 9.26. The Bertz CT molecular complexity index is 212. The second-order valence-corrected chi connectivity index (χ2v) is 4.61. The molecular weight excluding hydrogens is 229 g/mol. The van der Waals surface area contributed by atoms with Crippen molar-refractivity contribution in [2.75, 3.05) is 13.0 Å². The van der Waals surface area contributed by atoms with E-state index in [0.717, 1.165) is 32.1 Å². The first kappa shape index (κ1) is 14.5. The normalized spacial score (nSPS) is 32.2. The van der Waals surface area contributed by atoms with Crippen LogP contribution in [0, 0.1) is 5.92 Å². The van der Waals surface area contributed by atoms with Crippen LogP contribution in [0.25, 0.3) is 0 Å². The molecule has 0 amide bonds. The van der Waals surface area contributed by atoms with Crippen molar-refractivity contribution in [1.29, 1.82) is 0 Å². The fourth-order valence-electron chi connectivity index (χ4n) is 3.05. The van der Waals surface area contributed by atoms with Crippen molar-refractivity contribution in [3.05, 3.63) is 0 Å². The standard InChI is InChI=1S/C9H16BF3N.K/c11-10(12,13)7-14-6-2-4-8-3-1-5-9(8)14;/h8-9H,1-7H2;/q-1;+1. The maximum atomic E-state index is 12.3. The quantitative estimate of drug-likeness (QED) is 0.601. The molecule has 0 radical (unpaired) electrons. The van der Waals surface area contributed by atoms with Crippen LogP contribution >= 0.6 is 0 Å². The molecule has 0 aromatic heterocycles. The second-order valence-electron chi connectivity index (χ2n) is 4.61. The number of hydrogen-bond acceptors (Lipinski definition) is 1. The Morgan fingerprint density at radius 1 is 1.07 bits per heavy atom. The van der Waals surface area contributed by atoms with Gasteiger partial charge in [0.15, 0.2) is 0 Å². The molecule has 15 heavy (non-hydrogen) atoms. The van der Waals surface area contributed by atoms with Crippen LogP contribution in [-0.2, 0) is 0 Å². The molecule has 2 aliphatic rings. The van der Waals surface area contributed by atoms with Crippen LogP contribution in [0.1, 0.15) is 32.1 Å². The van der Waals surface area contributed by atoms with E-state index < -0.39 is 13.4 Å². The van der Waals surface area contributed by atoms with Crippen LogP contribution in [0.3, 0.4) is 0 Å². The summed E-state index contributed by atoms with van der Waals surface area (Å²) in [5.74, 6) is 0.557. The molecule has 2 unspecified atom stereocenters. The van der Waals surface area contributed by atoms with Crippen molar-refractivity contribution in [3.63, 3.8) is 0 Å². The van der Waals surface area contributed by atoms with Gasteiger partial charge in [0.2, 0.25) is 0 Å². The second kappa shape index (κ2) is 5.87. The molecule has 2 rings (SSSR count). The number of likely N-dealkylation sites (tertiary alicyclic amines) is 1. The molecule has 1 aliphatic carbocycles. The maximum Gasteiger partial charge on any atom is 1.00 e. The third kappa shape index (κ3) is 4.00. The minimum Gasteiger partial charge on any atom is -0.448 e. The number of fused-ring (bicyclic) bond motifs is 1. The van der Waals surface area contributed by atoms with Crippen LogP contribution in [-0.4, -0.2) is 30.9 Å². The molecule has 0 spiro atoms. The van der Waals surface area contributed by atoms with Crippen molar-refractivity contribution >= 4 is 6.98 Å². The van der Waals surface area contributed by atoms with E-state index in [-0.39, 0.29) is 57.4 Å². The third-order valence-corrected chi connectivity index (χ3v) is 3.55. The maximum absolute atomic E-state index is 12.3. The Labute approximate surface area is 132 Å². The molecule has 6 heteroatoms. The first-order valence-electron chi connectivity index (χ1n) is 5.51. The summed E-state index contributed by atoms with van der Waals surface area (Å²) in [7, 11) is 0. The fourth-order valence-corrected chi connectivity index (χ4v) is 3.05. The van der Waals surface area contributed by atoms with Crippen LogP contribution in [0.4, 0.5) is 12.9 Å². The van der Waals surface area contributed by atoms with Gasteiger partial charge in [-0.25, -0.2) is 0 Å². The van der Waals surface area contributed by atoms with Crippen molar-refractivity contribution in [1.82, 2.24) is 4.90 Å². The Morgan fingerprint density at radius 2 is 1.73 bits per heavy atom. The molecule has 1 heterocycles. The van der Waals surface area contributed by atoms with Gasteiger partial charge < -0.3 is 17.8 Å². The predicted octanol–water partition coefficient (Wildman–Crippen LogP) is -0.358. The zero-order valence-corrected chi connectivity index (χ0v) is 12.4. The number of nitrogens with zero attached hydrogens (tertiary/aromatic N) is 1. The zero-order chi connectivity index (χ0) is 10.2. The monoisotopic (exact) mass is 245 g/mol. The van der Waals surface area contributed by atoms with Crippen molar-refractivity contribution in [2.24, 2.45) is 5.92 Å². The first-order valence-corrected chi connectivity index (χ1v) is 5.51. The Balaban J connectivity index is 0.00000112. The number of piperidine rings is 1. The number of hydrogen-bond donors (Lipinski definition) is 0. The van der Waals surface area contributed by atoms with E-state index in [1.54, 1.807) is 4.90 Å². The topological polar surface area (TPSA) is 3.24 Å². The van der Waals surface area contributed by atoms with Crippen LogP contribution in [0.2, 0.25) is 0 Å². The van der Waals surface area contributed by atoms with Gasteiger partial charge in [-0.2, -0.15) is 0 Å². The van der Waals surface area contributed by atoms with Gasteiger partial charge in [-0.3, -0.25) is 0 Å². The smallest absolute Gasteiger partial charge is 0.448 e.